The third-order valence-corrected chi connectivity index (χ3v) is 4.58. The number of anilines is 1. The molecule has 1 aliphatic rings. The molecule has 28 heavy (non-hydrogen) atoms. The standard InChI is InChI=1S/C21H24FN5.HI/c1-2-24-21(25-14-17-12-16(13-23)8-9-20(17)22)26-18-10-11-27(15-18)19-6-4-3-5-7-19;/h3-9,12,18H,2,10-11,14-15H2,1H3,(H2,24,25,26);1H. The predicted octanol–water partition coefficient (Wildman–Crippen LogP) is 3.65. The van der Waals surface area contributed by atoms with Gasteiger partial charge in [-0.3, -0.25) is 0 Å². The molecular formula is C21H25FIN5. The van der Waals surface area contributed by atoms with Crippen molar-refractivity contribution in [2.24, 2.45) is 4.99 Å². The Labute approximate surface area is 182 Å². The van der Waals surface area contributed by atoms with Crippen LogP contribution < -0.4 is 15.5 Å². The van der Waals surface area contributed by atoms with Gasteiger partial charge in [0.25, 0.3) is 0 Å². The molecule has 1 aliphatic heterocycles. The molecule has 2 aromatic rings. The Morgan fingerprint density at radius 3 is 2.79 bits per heavy atom. The van der Waals surface area contributed by atoms with Crippen LogP contribution in [0.25, 0.3) is 0 Å². The minimum Gasteiger partial charge on any atom is -0.369 e. The van der Waals surface area contributed by atoms with Crippen LogP contribution in [0.1, 0.15) is 24.5 Å². The van der Waals surface area contributed by atoms with Gasteiger partial charge < -0.3 is 15.5 Å². The fraction of sp³-hybridized carbons (Fsp3) is 0.333. The largest absolute Gasteiger partial charge is 0.369 e. The van der Waals surface area contributed by atoms with Crippen LogP contribution in [-0.2, 0) is 6.54 Å². The second kappa shape index (κ2) is 10.9. The van der Waals surface area contributed by atoms with Crippen LogP contribution in [0.2, 0.25) is 0 Å². The molecule has 0 aromatic heterocycles. The molecule has 1 unspecified atom stereocenters. The van der Waals surface area contributed by atoms with Gasteiger partial charge in [-0.2, -0.15) is 5.26 Å². The van der Waals surface area contributed by atoms with Gasteiger partial charge in [0, 0.05) is 36.9 Å². The van der Waals surface area contributed by atoms with Gasteiger partial charge in [0.05, 0.1) is 18.2 Å². The summed E-state index contributed by atoms with van der Waals surface area (Å²) < 4.78 is 14.0. The summed E-state index contributed by atoms with van der Waals surface area (Å²) in [7, 11) is 0. The van der Waals surface area contributed by atoms with Crippen molar-refractivity contribution in [2.45, 2.75) is 25.9 Å². The number of hydrogen-bond donors (Lipinski definition) is 2. The van der Waals surface area contributed by atoms with Crippen molar-refractivity contribution < 1.29 is 4.39 Å². The van der Waals surface area contributed by atoms with Gasteiger partial charge in [0.2, 0.25) is 0 Å². The number of benzene rings is 2. The number of halogens is 2. The Kier molecular flexibility index (Phi) is 8.51. The lowest BCUT2D eigenvalue weighted by atomic mass is 10.1. The van der Waals surface area contributed by atoms with E-state index in [1.807, 2.05) is 31.2 Å². The zero-order valence-corrected chi connectivity index (χ0v) is 18.2. The molecule has 0 spiro atoms. The molecule has 0 aliphatic carbocycles. The number of para-hydroxylation sites is 1. The summed E-state index contributed by atoms with van der Waals surface area (Å²) in [6, 6.07) is 17.0. The van der Waals surface area contributed by atoms with Crippen LogP contribution in [-0.4, -0.2) is 31.6 Å². The highest BCUT2D eigenvalue weighted by molar-refractivity contribution is 14.0. The number of hydrogen-bond acceptors (Lipinski definition) is 3. The molecule has 1 atom stereocenters. The van der Waals surface area contributed by atoms with Crippen LogP contribution in [0.4, 0.5) is 10.1 Å². The summed E-state index contributed by atoms with van der Waals surface area (Å²) in [4.78, 5) is 6.85. The normalized spacial score (nSPS) is 16.2. The van der Waals surface area contributed by atoms with Gasteiger partial charge in [-0.1, -0.05) is 18.2 Å². The smallest absolute Gasteiger partial charge is 0.191 e. The first-order valence-corrected chi connectivity index (χ1v) is 9.23. The maximum absolute atomic E-state index is 14.0. The molecule has 7 heteroatoms. The van der Waals surface area contributed by atoms with Gasteiger partial charge in [0.1, 0.15) is 5.82 Å². The van der Waals surface area contributed by atoms with Crippen molar-refractivity contribution in [3.63, 3.8) is 0 Å². The van der Waals surface area contributed by atoms with Crippen molar-refractivity contribution in [3.05, 3.63) is 65.5 Å². The SMILES string of the molecule is CCNC(=NCc1cc(C#N)ccc1F)NC1CCN(c2ccccc2)C1.I. The zero-order valence-electron chi connectivity index (χ0n) is 15.9. The molecule has 0 saturated carbocycles. The topological polar surface area (TPSA) is 63.5 Å². The third kappa shape index (κ3) is 5.83. The fourth-order valence-corrected chi connectivity index (χ4v) is 3.19. The number of nitrogens with zero attached hydrogens (tertiary/aromatic N) is 3. The zero-order chi connectivity index (χ0) is 19.1. The molecule has 1 heterocycles. The van der Waals surface area contributed by atoms with E-state index in [0.717, 1.165) is 26.1 Å². The quantitative estimate of drug-likeness (QED) is 0.380. The van der Waals surface area contributed by atoms with Crippen LogP contribution >= 0.6 is 24.0 Å². The molecule has 3 rings (SSSR count). The fourth-order valence-electron chi connectivity index (χ4n) is 3.19. The molecule has 5 nitrogen and oxygen atoms in total. The highest BCUT2D eigenvalue weighted by Crippen LogP contribution is 2.19. The Bertz CT molecular complexity index is 834. The molecule has 0 amide bonds. The second-order valence-corrected chi connectivity index (χ2v) is 6.52. The van der Waals surface area contributed by atoms with Crippen LogP contribution in [0, 0.1) is 17.1 Å². The Morgan fingerprint density at radius 2 is 2.07 bits per heavy atom. The van der Waals surface area contributed by atoms with Crippen LogP contribution in [0.3, 0.4) is 0 Å². The van der Waals surface area contributed by atoms with Gasteiger partial charge in [0.15, 0.2) is 5.96 Å². The average Bonchev–Trinajstić information content (AvgIpc) is 3.16. The summed E-state index contributed by atoms with van der Waals surface area (Å²) >= 11 is 0. The molecule has 148 valence electrons. The minimum absolute atomic E-state index is 0. The van der Waals surface area contributed by atoms with Crippen molar-refractivity contribution in [1.29, 1.82) is 5.26 Å². The molecule has 1 fully saturated rings. The van der Waals surface area contributed by atoms with Crippen molar-refractivity contribution in [2.75, 3.05) is 24.5 Å². The van der Waals surface area contributed by atoms with E-state index < -0.39 is 0 Å². The Morgan fingerprint density at radius 1 is 1.29 bits per heavy atom. The van der Waals surface area contributed by atoms with E-state index in [1.165, 1.54) is 17.8 Å². The lowest BCUT2D eigenvalue weighted by Crippen LogP contribution is -2.44. The third-order valence-electron chi connectivity index (χ3n) is 4.58. The van der Waals surface area contributed by atoms with Crippen LogP contribution in [0.5, 0.6) is 0 Å². The number of aliphatic imine (C=N–C) groups is 1. The lowest BCUT2D eigenvalue weighted by Gasteiger charge is -2.20. The van der Waals surface area contributed by atoms with E-state index in [4.69, 9.17) is 5.26 Å². The number of rotatable bonds is 5. The molecule has 2 aromatic carbocycles. The summed E-state index contributed by atoms with van der Waals surface area (Å²) in [5.74, 6) is 0.323. The first kappa shape index (κ1) is 22.0. The number of guanidine groups is 1. The minimum atomic E-state index is -0.343. The van der Waals surface area contributed by atoms with Gasteiger partial charge in [-0.25, -0.2) is 9.38 Å². The summed E-state index contributed by atoms with van der Waals surface area (Å²) in [5, 5.41) is 15.6. The van der Waals surface area contributed by atoms with Gasteiger partial charge >= 0.3 is 0 Å². The number of nitrogens with one attached hydrogen (secondary N) is 2. The van der Waals surface area contributed by atoms with E-state index in [1.54, 1.807) is 6.07 Å². The van der Waals surface area contributed by atoms with E-state index in [9.17, 15) is 4.39 Å². The second-order valence-electron chi connectivity index (χ2n) is 6.52. The highest BCUT2D eigenvalue weighted by Gasteiger charge is 2.23. The summed E-state index contributed by atoms with van der Waals surface area (Å²) in [5.41, 5.74) is 2.08. The maximum atomic E-state index is 14.0. The maximum Gasteiger partial charge on any atom is 0.191 e. The van der Waals surface area contributed by atoms with E-state index in [0.29, 0.717) is 17.1 Å². The summed E-state index contributed by atoms with van der Waals surface area (Å²) in [6.07, 6.45) is 1.01. The van der Waals surface area contributed by atoms with E-state index in [-0.39, 0.29) is 42.4 Å². The van der Waals surface area contributed by atoms with E-state index in [2.05, 4.69) is 32.7 Å². The molecule has 0 bridgehead atoms. The van der Waals surface area contributed by atoms with Crippen LogP contribution in [0.15, 0.2) is 53.5 Å². The predicted molar refractivity (Wildman–Crippen MR) is 122 cm³/mol. The Balaban J connectivity index is 0.00000280. The average molecular weight is 493 g/mol. The monoisotopic (exact) mass is 493 g/mol. The van der Waals surface area contributed by atoms with Crippen molar-refractivity contribution in [3.8, 4) is 6.07 Å². The molecular weight excluding hydrogens is 468 g/mol. The first-order valence-electron chi connectivity index (χ1n) is 9.23. The van der Waals surface area contributed by atoms with Crippen molar-refractivity contribution >= 4 is 35.6 Å². The highest BCUT2D eigenvalue weighted by atomic mass is 127. The Hall–Kier alpha value is -2.34. The summed E-state index contributed by atoms with van der Waals surface area (Å²) in [6.45, 7) is 4.79. The molecule has 2 N–H and O–H groups in total. The molecule has 0 radical (unpaired) electrons. The van der Waals surface area contributed by atoms with Gasteiger partial charge in [-0.05, 0) is 43.7 Å². The first-order chi connectivity index (χ1) is 13.2. The van der Waals surface area contributed by atoms with Crippen molar-refractivity contribution in [1.82, 2.24) is 10.6 Å². The van der Waals surface area contributed by atoms with E-state index >= 15 is 0 Å². The molecule has 1 saturated heterocycles. The van der Waals surface area contributed by atoms with Gasteiger partial charge in [-0.15, -0.1) is 24.0 Å². The lowest BCUT2D eigenvalue weighted by molar-refractivity contribution is 0.608. The number of nitriles is 1.